The number of aliphatic hydroxyl groups is 2. The highest BCUT2D eigenvalue weighted by Crippen LogP contribution is 2.51. The van der Waals surface area contributed by atoms with Crippen LogP contribution in [0.5, 0.6) is 0 Å². The van der Waals surface area contributed by atoms with E-state index in [1.165, 1.54) is 24.8 Å². The van der Waals surface area contributed by atoms with E-state index in [4.69, 9.17) is 5.11 Å². The monoisotopic (exact) mass is 346 g/mol. The number of hydrogen-bond donors (Lipinski definition) is 3. The second-order valence-corrected chi connectivity index (χ2v) is 7.99. The van der Waals surface area contributed by atoms with Gasteiger partial charge in [0.25, 0.3) is 0 Å². The van der Waals surface area contributed by atoms with E-state index in [9.17, 15) is 15.0 Å². The van der Waals surface area contributed by atoms with E-state index in [0.717, 1.165) is 32.1 Å². The Bertz CT molecular complexity index is 564. The molecule has 3 fully saturated rings. The van der Waals surface area contributed by atoms with Crippen LogP contribution in [0.3, 0.4) is 0 Å². The van der Waals surface area contributed by atoms with Gasteiger partial charge >= 0.3 is 5.97 Å². The minimum Gasteiger partial charge on any atom is -0.481 e. The molecular weight excluding hydrogens is 316 g/mol. The maximum atomic E-state index is 10.6. The van der Waals surface area contributed by atoms with Gasteiger partial charge in [-0.25, -0.2) is 0 Å². The summed E-state index contributed by atoms with van der Waals surface area (Å²) < 4.78 is 0. The number of rotatable bonds is 4. The third kappa shape index (κ3) is 4.46. The van der Waals surface area contributed by atoms with Crippen molar-refractivity contribution in [1.29, 1.82) is 0 Å². The molecule has 5 atom stereocenters. The van der Waals surface area contributed by atoms with Crippen molar-refractivity contribution >= 4 is 5.97 Å². The van der Waals surface area contributed by atoms with Crippen molar-refractivity contribution in [3.63, 3.8) is 0 Å². The Balaban J connectivity index is 1.58. The molecule has 4 nitrogen and oxygen atoms in total. The van der Waals surface area contributed by atoms with E-state index in [-0.39, 0.29) is 12.3 Å². The number of carbonyl (C=O) groups is 1. The first-order valence-corrected chi connectivity index (χ1v) is 9.84. The molecule has 0 unspecified atom stereocenters. The van der Waals surface area contributed by atoms with Gasteiger partial charge in [0.1, 0.15) is 6.10 Å². The lowest BCUT2D eigenvalue weighted by Crippen LogP contribution is -2.44. The van der Waals surface area contributed by atoms with Crippen LogP contribution in [0.15, 0.2) is 11.6 Å². The number of carboxylic acids is 1. The van der Waals surface area contributed by atoms with Gasteiger partial charge in [-0.15, -0.1) is 0 Å². The maximum Gasteiger partial charge on any atom is 0.303 e. The number of fused-ring (bicyclic) bond motifs is 1. The molecule has 138 valence electrons. The van der Waals surface area contributed by atoms with Gasteiger partial charge in [0, 0.05) is 6.42 Å². The minimum atomic E-state index is -0.757. The van der Waals surface area contributed by atoms with Gasteiger partial charge in [0.15, 0.2) is 0 Å². The summed E-state index contributed by atoms with van der Waals surface area (Å²) in [6.07, 6.45) is 10.3. The van der Waals surface area contributed by atoms with E-state index in [2.05, 4.69) is 17.9 Å². The molecule has 0 aromatic heterocycles. The number of hydrogen-bond acceptors (Lipinski definition) is 3. The van der Waals surface area contributed by atoms with Crippen LogP contribution in [0.25, 0.3) is 0 Å². The van der Waals surface area contributed by atoms with Crippen LogP contribution >= 0.6 is 0 Å². The van der Waals surface area contributed by atoms with Crippen molar-refractivity contribution in [3.8, 4) is 11.8 Å². The summed E-state index contributed by atoms with van der Waals surface area (Å²) in [7, 11) is 0. The maximum absolute atomic E-state index is 10.6. The third-order valence-corrected chi connectivity index (χ3v) is 6.37. The molecule has 3 aliphatic carbocycles. The van der Waals surface area contributed by atoms with Gasteiger partial charge in [0.2, 0.25) is 0 Å². The Morgan fingerprint density at radius 1 is 1.20 bits per heavy atom. The average Bonchev–Trinajstić information content (AvgIpc) is 2.59. The third-order valence-electron chi connectivity index (χ3n) is 6.37. The number of allylic oxidation sites excluding steroid dienone is 2. The zero-order chi connectivity index (χ0) is 17.8. The number of aliphatic hydroxyl groups excluding tert-OH is 2. The van der Waals surface area contributed by atoms with Gasteiger partial charge in [-0.05, 0) is 56.3 Å². The molecule has 0 spiro atoms. The van der Waals surface area contributed by atoms with Crippen molar-refractivity contribution in [1.82, 2.24) is 0 Å². The fourth-order valence-corrected chi connectivity index (χ4v) is 4.84. The van der Waals surface area contributed by atoms with E-state index < -0.39 is 18.2 Å². The molecule has 25 heavy (non-hydrogen) atoms. The van der Waals surface area contributed by atoms with Gasteiger partial charge in [-0.1, -0.05) is 42.8 Å². The largest absolute Gasteiger partial charge is 0.481 e. The van der Waals surface area contributed by atoms with E-state index in [1.54, 1.807) is 0 Å². The Kier molecular flexibility index (Phi) is 6.19. The summed E-state index contributed by atoms with van der Waals surface area (Å²) >= 11 is 0. The molecule has 0 aromatic rings. The quantitative estimate of drug-likeness (QED) is 0.540. The first-order valence-electron chi connectivity index (χ1n) is 9.84. The highest BCUT2D eigenvalue weighted by Gasteiger charge is 2.46. The van der Waals surface area contributed by atoms with Crippen LogP contribution in [0.1, 0.15) is 64.2 Å². The molecule has 0 amide bonds. The van der Waals surface area contributed by atoms with Crippen molar-refractivity contribution in [2.45, 2.75) is 76.4 Å². The van der Waals surface area contributed by atoms with Crippen LogP contribution in [0.4, 0.5) is 0 Å². The molecule has 0 heterocycles. The normalized spacial score (nSPS) is 35.2. The predicted molar refractivity (Wildman–Crippen MR) is 95.6 cm³/mol. The summed E-state index contributed by atoms with van der Waals surface area (Å²) in [5.41, 5.74) is 1.35. The molecule has 0 aliphatic heterocycles. The first kappa shape index (κ1) is 18.5. The SMILES string of the molecule is O=C(O)CC/C=C1\C[C@@H]2[C@@H](C#C[C@@H](O)C3CCCCC3)[C@H](O)CC[C@H]12. The summed E-state index contributed by atoms with van der Waals surface area (Å²) in [6, 6.07) is 0. The summed E-state index contributed by atoms with van der Waals surface area (Å²) in [5.74, 6) is 6.59. The molecule has 0 aromatic carbocycles. The zero-order valence-corrected chi connectivity index (χ0v) is 14.9. The predicted octanol–water partition coefficient (Wildman–Crippen LogP) is 3.13. The van der Waals surface area contributed by atoms with Gasteiger partial charge < -0.3 is 15.3 Å². The first-order chi connectivity index (χ1) is 12.1. The number of aliphatic carboxylic acids is 1. The van der Waals surface area contributed by atoms with Crippen molar-refractivity contribution in [2.24, 2.45) is 23.7 Å². The summed E-state index contributed by atoms with van der Waals surface area (Å²) in [6.45, 7) is 0. The van der Waals surface area contributed by atoms with Gasteiger partial charge in [0.05, 0.1) is 12.0 Å². The van der Waals surface area contributed by atoms with Crippen LogP contribution in [-0.4, -0.2) is 33.5 Å². The van der Waals surface area contributed by atoms with E-state index >= 15 is 0 Å². The Labute approximate surface area is 150 Å². The topological polar surface area (TPSA) is 77.8 Å². The molecule has 0 saturated heterocycles. The Hall–Kier alpha value is -1.31. The fourth-order valence-electron chi connectivity index (χ4n) is 4.84. The average molecular weight is 346 g/mol. The van der Waals surface area contributed by atoms with Crippen LogP contribution < -0.4 is 0 Å². The highest BCUT2D eigenvalue weighted by molar-refractivity contribution is 5.66. The molecule has 3 saturated carbocycles. The lowest BCUT2D eigenvalue weighted by molar-refractivity contribution is -0.136. The highest BCUT2D eigenvalue weighted by atomic mass is 16.4. The Morgan fingerprint density at radius 3 is 2.68 bits per heavy atom. The Morgan fingerprint density at radius 2 is 1.96 bits per heavy atom. The number of carboxylic acid groups (broad SMARTS) is 1. The van der Waals surface area contributed by atoms with Crippen molar-refractivity contribution in [3.05, 3.63) is 11.6 Å². The molecule has 0 radical (unpaired) electrons. The fraction of sp³-hybridized carbons (Fsp3) is 0.762. The molecule has 0 bridgehead atoms. The second-order valence-electron chi connectivity index (χ2n) is 7.99. The summed E-state index contributed by atoms with van der Waals surface area (Å²) in [5, 5.41) is 29.5. The van der Waals surface area contributed by atoms with E-state index in [0.29, 0.717) is 24.2 Å². The van der Waals surface area contributed by atoms with Gasteiger partial charge in [-0.2, -0.15) is 0 Å². The van der Waals surface area contributed by atoms with Crippen LogP contribution in [0.2, 0.25) is 0 Å². The molecule has 3 rings (SSSR count). The molecule has 3 N–H and O–H groups in total. The molecule has 3 aliphatic rings. The molecular formula is C21H30O4. The standard InChI is InChI=1S/C21H30O4/c22-19(14-5-2-1-3-6-14)11-10-17-18-13-15(7-4-8-21(24)25)16(18)9-12-20(17)23/h7,14,16-20,22-23H,1-6,8-9,12-13H2,(H,24,25)/b15-7+/t16-,17-,18+,19-,20-/m1/s1. The minimum absolute atomic E-state index is 0.0476. The van der Waals surface area contributed by atoms with Crippen LogP contribution in [0, 0.1) is 35.5 Å². The second kappa shape index (κ2) is 8.38. The summed E-state index contributed by atoms with van der Waals surface area (Å²) in [4.78, 5) is 10.6. The van der Waals surface area contributed by atoms with Crippen molar-refractivity contribution < 1.29 is 20.1 Å². The van der Waals surface area contributed by atoms with Crippen molar-refractivity contribution in [2.75, 3.05) is 0 Å². The van der Waals surface area contributed by atoms with Gasteiger partial charge in [-0.3, -0.25) is 4.79 Å². The lowest BCUT2D eigenvalue weighted by Gasteiger charge is -2.48. The van der Waals surface area contributed by atoms with Crippen LogP contribution in [-0.2, 0) is 4.79 Å². The molecule has 4 heteroatoms. The zero-order valence-electron chi connectivity index (χ0n) is 14.9. The smallest absolute Gasteiger partial charge is 0.303 e. The lowest BCUT2D eigenvalue weighted by atomic mass is 9.57. The van der Waals surface area contributed by atoms with E-state index in [1.807, 2.05) is 0 Å².